The maximum absolute atomic E-state index is 5.90. The highest BCUT2D eigenvalue weighted by Crippen LogP contribution is 2.52. The lowest BCUT2D eigenvalue weighted by molar-refractivity contribution is 1.14. The second-order valence-corrected chi connectivity index (χ2v) is 20.9. The number of benzene rings is 8. The molecular weight excluding hydrogens is 727 g/mol. The van der Waals surface area contributed by atoms with Crippen LogP contribution in [0.25, 0.3) is 0 Å². The summed E-state index contributed by atoms with van der Waals surface area (Å²) in [7, 11) is -4.79. The van der Waals surface area contributed by atoms with Crippen molar-refractivity contribution in [3.05, 3.63) is 240 Å². The van der Waals surface area contributed by atoms with Gasteiger partial charge in [0.15, 0.2) is 0 Å². The van der Waals surface area contributed by atoms with E-state index < -0.39 is 14.1 Å². The van der Waals surface area contributed by atoms with E-state index in [1.54, 1.807) is 0 Å². The Morgan fingerprint density at radius 1 is 0.298 bits per heavy atom. The molecule has 4 heteroatoms. The minimum atomic E-state index is -2.40. The first-order chi connectivity index (χ1) is 27.9. The highest BCUT2D eigenvalue weighted by Gasteiger charge is 2.29. The average Bonchev–Trinajstić information content (AvgIpc) is 3.25. The first-order valence-electron chi connectivity index (χ1n) is 19.7. The van der Waals surface area contributed by atoms with E-state index in [-0.39, 0.29) is 0 Å². The van der Waals surface area contributed by atoms with Gasteiger partial charge in [0.1, 0.15) is 0 Å². The van der Waals surface area contributed by atoms with Crippen molar-refractivity contribution in [3.8, 4) is 0 Å². The zero-order valence-electron chi connectivity index (χ0n) is 33.1. The Bertz CT molecular complexity index is 2280. The van der Waals surface area contributed by atoms with Crippen LogP contribution in [0.4, 0.5) is 11.4 Å². The number of nitrogens with zero attached hydrogens (tertiary/aromatic N) is 2. The van der Waals surface area contributed by atoms with Crippen molar-refractivity contribution in [2.24, 2.45) is 9.49 Å². The molecule has 8 aromatic carbocycles. The number of rotatable bonds is 10. The molecule has 8 aromatic rings. The lowest BCUT2D eigenvalue weighted by atomic mass is 9.96. The van der Waals surface area contributed by atoms with Crippen molar-refractivity contribution in [2.45, 2.75) is 34.1 Å². The molecule has 0 spiro atoms. The van der Waals surface area contributed by atoms with E-state index in [1.807, 2.05) is 0 Å². The van der Waals surface area contributed by atoms with E-state index in [1.165, 1.54) is 65.2 Å². The fraction of sp³-hybridized carbons (Fsp3) is 0.0943. The highest BCUT2D eigenvalue weighted by atomic mass is 31.2. The first kappa shape index (κ1) is 38.1. The van der Waals surface area contributed by atoms with Crippen LogP contribution < -0.4 is 31.8 Å². The lowest BCUT2D eigenvalue weighted by Gasteiger charge is -2.28. The fourth-order valence-corrected chi connectivity index (χ4v) is 15.6. The van der Waals surface area contributed by atoms with Crippen molar-refractivity contribution in [1.82, 2.24) is 0 Å². The fourth-order valence-electron chi connectivity index (χ4n) is 8.25. The molecule has 0 amide bonds. The summed E-state index contributed by atoms with van der Waals surface area (Å²) in [4.78, 5) is 0. The van der Waals surface area contributed by atoms with Crippen LogP contribution in [0.3, 0.4) is 0 Å². The van der Waals surface area contributed by atoms with Gasteiger partial charge in [0.25, 0.3) is 0 Å². The molecule has 280 valence electrons. The smallest absolute Gasteiger partial charge is 0.0683 e. The second-order valence-electron chi connectivity index (χ2n) is 14.8. The SMILES string of the molecule is Cc1cc(Cc2cc(C)c(N=P(c3ccccc3)(c3ccccc3)c3ccccc3)c(C)c2)cc(C)c1N=P(c1ccccc1)(c1ccccc1)c1ccccc1. The predicted molar refractivity (Wildman–Crippen MR) is 249 cm³/mol. The van der Waals surface area contributed by atoms with Crippen molar-refractivity contribution in [1.29, 1.82) is 0 Å². The van der Waals surface area contributed by atoms with Crippen molar-refractivity contribution < 1.29 is 0 Å². The monoisotopic (exact) mass is 774 g/mol. The Morgan fingerprint density at radius 3 is 0.684 bits per heavy atom. The maximum Gasteiger partial charge on any atom is 0.0683 e. The number of hydrogen-bond donors (Lipinski definition) is 0. The van der Waals surface area contributed by atoms with Gasteiger partial charge in [-0.2, -0.15) is 0 Å². The van der Waals surface area contributed by atoms with E-state index in [4.69, 9.17) is 9.49 Å². The molecule has 0 aliphatic carbocycles. The van der Waals surface area contributed by atoms with Gasteiger partial charge in [-0.05, 0) is 67.5 Å². The van der Waals surface area contributed by atoms with Crippen LogP contribution in [0.5, 0.6) is 0 Å². The molecule has 0 radical (unpaired) electrons. The summed E-state index contributed by atoms with van der Waals surface area (Å²) < 4.78 is 11.8. The summed E-state index contributed by atoms with van der Waals surface area (Å²) in [5, 5.41) is 7.50. The summed E-state index contributed by atoms with van der Waals surface area (Å²) in [6.07, 6.45) is 0.830. The standard InChI is InChI=1S/C53H48N2P2/c1-40-35-44(36-41(2)52(40)54-56(46-23-11-5-12-24-46,47-25-13-6-14-26-47)48-27-15-7-16-28-48)39-45-37-42(3)53(43(4)38-45)55-57(49-29-17-8-18-30-49,50-31-19-9-20-32-50)51-33-21-10-22-34-51/h5-38H,39H2,1-4H3. The van der Waals surface area contributed by atoms with Crippen LogP contribution in [0.2, 0.25) is 0 Å². The quantitative estimate of drug-likeness (QED) is 0.124. The number of hydrogen-bond acceptors (Lipinski definition) is 2. The van der Waals surface area contributed by atoms with E-state index in [2.05, 4.69) is 234 Å². The van der Waals surface area contributed by atoms with E-state index >= 15 is 0 Å². The lowest BCUT2D eigenvalue weighted by Crippen LogP contribution is -2.25. The molecule has 0 N–H and O–H groups in total. The molecule has 0 aliphatic heterocycles. The van der Waals surface area contributed by atoms with Crippen LogP contribution >= 0.6 is 14.1 Å². The first-order valence-corrected chi connectivity index (χ1v) is 23.2. The van der Waals surface area contributed by atoms with Crippen LogP contribution in [0, 0.1) is 27.7 Å². The van der Waals surface area contributed by atoms with Crippen molar-refractivity contribution >= 4 is 57.3 Å². The largest absolute Gasteiger partial charge is 0.253 e. The van der Waals surface area contributed by atoms with Crippen molar-refractivity contribution in [3.63, 3.8) is 0 Å². The maximum atomic E-state index is 5.90. The Hall–Kier alpha value is -5.78. The van der Waals surface area contributed by atoms with Crippen LogP contribution in [0.15, 0.2) is 216 Å². The molecular formula is C53H48N2P2. The third kappa shape index (κ3) is 7.57. The minimum Gasteiger partial charge on any atom is -0.253 e. The predicted octanol–water partition coefficient (Wildman–Crippen LogP) is 12.1. The van der Waals surface area contributed by atoms with Gasteiger partial charge in [-0.3, -0.25) is 9.49 Å². The second kappa shape index (κ2) is 16.8. The van der Waals surface area contributed by atoms with Gasteiger partial charge in [0, 0.05) is 31.8 Å². The molecule has 0 saturated heterocycles. The van der Waals surface area contributed by atoms with E-state index in [9.17, 15) is 0 Å². The Morgan fingerprint density at radius 2 is 0.491 bits per heavy atom. The van der Waals surface area contributed by atoms with Crippen molar-refractivity contribution in [2.75, 3.05) is 0 Å². The third-order valence-electron chi connectivity index (χ3n) is 10.8. The van der Waals surface area contributed by atoms with Gasteiger partial charge in [-0.1, -0.05) is 206 Å². The molecule has 57 heavy (non-hydrogen) atoms. The zero-order chi connectivity index (χ0) is 39.2. The summed E-state index contributed by atoms with van der Waals surface area (Å²) in [5.41, 5.74) is 9.51. The van der Waals surface area contributed by atoms with Gasteiger partial charge in [-0.15, -0.1) is 0 Å². The summed E-state index contributed by atoms with van der Waals surface area (Å²) >= 11 is 0. The molecule has 0 heterocycles. The normalized spacial score (nSPS) is 11.6. The average molecular weight is 775 g/mol. The summed E-state index contributed by atoms with van der Waals surface area (Å²) in [6, 6.07) is 74.7. The molecule has 2 nitrogen and oxygen atoms in total. The van der Waals surface area contributed by atoms with Crippen LogP contribution in [0.1, 0.15) is 33.4 Å². The zero-order valence-corrected chi connectivity index (χ0v) is 34.9. The van der Waals surface area contributed by atoms with Crippen LogP contribution in [-0.4, -0.2) is 0 Å². The van der Waals surface area contributed by atoms with Gasteiger partial charge in [0.05, 0.1) is 25.5 Å². The Labute approximate surface area is 339 Å². The Kier molecular flexibility index (Phi) is 11.2. The molecule has 0 bridgehead atoms. The van der Waals surface area contributed by atoms with E-state index in [0.717, 1.165) is 17.8 Å². The van der Waals surface area contributed by atoms with Gasteiger partial charge >= 0.3 is 0 Å². The summed E-state index contributed by atoms with van der Waals surface area (Å²) in [5.74, 6) is 0. The molecule has 0 fully saturated rings. The van der Waals surface area contributed by atoms with Gasteiger partial charge in [-0.25, -0.2) is 0 Å². The number of aryl methyl sites for hydroxylation is 4. The molecule has 0 aromatic heterocycles. The molecule has 0 aliphatic rings. The molecule has 8 rings (SSSR count). The highest BCUT2D eigenvalue weighted by molar-refractivity contribution is 7.88. The van der Waals surface area contributed by atoms with Gasteiger partial charge < -0.3 is 0 Å². The van der Waals surface area contributed by atoms with Gasteiger partial charge in [0.2, 0.25) is 0 Å². The Balaban J connectivity index is 1.23. The molecule has 0 atom stereocenters. The van der Waals surface area contributed by atoms with Crippen LogP contribution in [-0.2, 0) is 6.42 Å². The summed E-state index contributed by atoms with van der Waals surface area (Å²) in [6.45, 7) is 8.90. The molecule has 0 unspecified atom stereocenters. The topological polar surface area (TPSA) is 24.7 Å². The molecule has 0 saturated carbocycles. The third-order valence-corrected chi connectivity index (χ3v) is 18.1. The minimum absolute atomic E-state index is 0.830. The van der Waals surface area contributed by atoms with E-state index in [0.29, 0.717) is 0 Å².